The summed E-state index contributed by atoms with van der Waals surface area (Å²) in [5, 5.41) is 11.1. The highest BCUT2D eigenvalue weighted by Gasteiger charge is 2.30. The first-order valence-corrected chi connectivity index (χ1v) is 9.08. The van der Waals surface area contributed by atoms with Crippen molar-refractivity contribution in [2.45, 2.75) is 38.0 Å². The molecule has 3 aliphatic rings. The normalized spacial score (nSPS) is 25.7. The number of rotatable bonds is 4. The standard InChI is InChI=1S/C17H27N5O/c23-17(10-13-3-4-13)22-7-1-2-14(12-22)15-11-16(20-19-15)21-8-5-18-6-9-21/h11,13-14,18H,1-10,12H2,(H,19,20). The quantitative estimate of drug-likeness (QED) is 0.879. The van der Waals surface area contributed by atoms with E-state index in [1.54, 1.807) is 0 Å². The maximum absolute atomic E-state index is 12.4. The van der Waals surface area contributed by atoms with Crippen LogP contribution in [0.15, 0.2) is 6.07 Å². The van der Waals surface area contributed by atoms with E-state index < -0.39 is 0 Å². The van der Waals surface area contributed by atoms with E-state index in [1.165, 1.54) is 18.5 Å². The van der Waals surface area contributed by atoms with Crippen molar-refractivity contribution < 1.29 is 4.79 Å². The van der Waals surface area contributed by atoms with Crippen LogP contribution in [0.3, 0.4) is 0 Å². The van der Waals surface area contributed by atoms with Crippen LogP contribution < -0.4 is 10.2 Å². The Morgan fingerprint density at radius 1 is 1.22 bits per heavy atom. The lowest BCUT2D eigenvalue weighted by atomic mass is 9.94. The fourth-order valence-electron chi connectivity index (χ4n) is 3.75. The van der Waals surface area contributed by atoms with Gasteiger partial charge in [0.1, 0.15) is 0 Å². The van der Waals surface area contributed by atoms with Gasteiger partial charge in [-0.15, -0.1) is 0 Å². The lowest BCUT2D eigenvalue weighted by Crippen LogP contribution is -2.43. The first-order chi connectivity index (χ1) is 11.3. The van der Waals surface area contributed by atoms with Crippen LogP contribution in [0.5, 0.6) is 0 Å². The van der Waals surface area contributed by atoms with E-state index in [9.17, 15) is 4.79 Å². The summed E-state index contributed by atoms with van der Waals surface area (Å²) in [6, 6.07) is 2.20. The van der Waals surface area contributed by atoms with Crippen LogP contribution in [0.2, 0.25) is 0 Å². The first kappa shape index (κ1) is 15.0. The van der Waals surface area contributed by atoms with Crippen molar-refractivity contribution in [1.29, 1.82) is 0 Å². The molecule has 6 nitrogen and oxygen atoms in total. The van der Waals surface area contributed by atoms with Crippen LogP contribution in [0.4, 0.5) is 5.82 Å². The Hall–Kier alpha value is -1.56. The van der Waals surface area contributed by atoms with Gasteiger partial charge < -0.3 is 15.1 Å². The second kappa shape index (κ2) is 6.51. The molecular weight excluding hydrogens is 290 g/mol. The molecule has 0 bridgehead atoms. The molecule has 3 fully saturated rings. The number of piperazine rings is 1. The average molecular weight is 317 g/mol. The van der Waals surface area contributed by atoms with Crippen molar-refractivity contribution in [3.63, 3.8) is 0 Å². The molecule has 1 amide bonds. The summed E-state index contributed by atoms with van der Waals surface area (Å²) in [7, 11) is 0. The number of nitrogens with zero attached hydrogens (tertiary/aromatic N) is 3. The molecule has 2 N–H and O–H groups in total. The SMILES string of the molecule is O=C(CC1CC1)N1CCCC(c2cc(N3CCNCC3)n[nH]2)C1. The number of carbonyl (C=O) groups is 1. The van der Waals surface area contributed by atoms with Gasteiger partial charge in [0, 0.05) is 63.4 Å². The molecule has 6 heteroatoms. The maximum atomic E-state index is 12.4. The summed E-state index contributed by atoms with van der Waals surface area (Å²) in [4.78, 5) is 16.8. The summed E-state index contributed by atoms with van der Waals surface area (Å²) in [5.41, 5.74) is 1.20. The number of likely N-dealkylation sites (tertiary alicyclic amines) is 1. The van der Waals surface area contributed by atoms with Gasteiger partial charge in [0.05, 0.1) is 0 Å². The molecule has 0 aromatic carbocycles. The number of hydrogen-bond acceptors (Lipinski definition) is 4. The van der Waals surface area contributed by atoms with Gasteiger partial charge in [0.15, 0.2) is 5.82 Å². The number of aromatic amines is 1. The van der Waals surface area contributed by atoms with Crippen molar-refractivity contribution in [3.05, 3.63) is 11.8 Å². The van der Waals surface area contributed by atoms with Gasteiger partial charge in [-0.05, 0) is 31.6 Å². The predicted octanol–water partition coefficient (Wildman–Crippen LogP) is 1.33. The third-order valence-corrected chi connectivity index (χ3v) is 5.40. The molecule has 23 heavy (non-hydrogen) atoms. The lowest BCUT2D eigenvalue weighted by molar-refractivity contribution is -0.132. The van der Waals surface area contributed by atoms with Crippen LogP contribution in [0, 0.1) is 5.92 Å². The van der Waals surface area contributed by atoms with Gasteiger partial charge in [-0.25, -0.2) is 0 Å². The highest BCUT2D eigenvalue weighted by Crippen LogP contribution is 2.34. The number of H-pyrrole nitrogens is 1. The Labute approximate surface area is 137 Å². The fourth-order valence-corrected chi connectivity index (χ4v) is 3.75. The number of aromatic nitrogens is 2. The number of carbonyl (C=O) groups excluding carboxylic acids is 1. The number of hydrogen-bond donors (Lipinski definition) is 2. The molecule has 4 rings (SSSR count). The monoisotopic (exact) mass is 317 g/mol. The van der Waals surface area contributed by atoms with Crippen LogP contribution in [0.25, 0.3) is 0 Å². The van der Waals surface area contributed by atoms with E-state index in [0.717, 1.165) is 64.3 Å². The molecule has 0 radical (unpaired) electrons. The third-order valence-electron chi connectivity index (χ3n) is 5.40. The highest BCUT2D eigenvalue weighted by atomic mass is 16.2. The molecule has 1 aromatic heterocycles. The zero-order valence-electron chi connectivity index (χ0n) is 13.8. The van der Waals surface area contributed by atoms with Gasteiger partial charge in [-0.2, -0.15) is 5.10 Å². The van der Waals surface area contributed by atoms with E-state index in [0.29, 0.717) is 17.7 Å². The smallest absolute Gasteiger partial charge is 0.222 e. The van der Waals surface area contributed by atoms with Crippen LogP contribution in [-0.4, -0.2) is 60.3 Å². The van der Waals surface area contributed by atoms with Gasteiger partial charge in [-0.3, -0.25) is 9.89 Å². The number of piperidine rings is 1. The number of anilines is 1. The molecule has 1 saturated carbocycles. The van der Waals surface area contributed by atoms with Gasteiger partial charge >= 0.3 is 0 Å². The molecular formula is C17H27N5O. The van der Waals surface area contributed by atoms with Crippen LogP contribution >= 0.6 is 0 Å². The number of nitrogens with one attached hydrogen (secondary N) is 2. The molecule has 126 valence electrons. The van der Waals surface area contributed by atoms with Crippen molar-refractivity contribution in [2.24, 2.45) is 5.92 Å². The molecule has 1 aliphatic carbocycles. The molecule has 1 unspecified atom stereocenters. The van der Waals surface area contributed by atoms with Crippen LogP contribution in [-0.2, 0) is 4.79 Å². The lowest BCUT2D eigenvalue weighted by Gasteiger charge is -2.32. The summed E-state index contributed by atoms with van der Waals surface area (Å²) in [6.45, 7) is 5.86. The Morgan fingerprint density at radius 2 is 2.04 bits per heavy atom. The van der Waals surface area contributed by atoms with E-state index in [-0.39, 0.29) is 0 Å². The Balaban J connectivity index is 1.38. The third kappa shape index (κ3) is 3.52. The van der Waals surface area contributed by atoms with Crippen molar-refractivity contribution in [1.82, 2.24) is 20.4 Å². The molecule has 2 saturated heterocycles. The van der Waals surface area contributed by atoms with Gasteiger partial charge in [-0.1, -0.05) is 0 Å². The second-order valence-corrected chi connectivity index (χ2v) is 7.24. The van der Waals surface area contributed by atoms with Crippen LogP contribution in [0.1, 0.15) is 43.7 Å². The molecule has 1 atom stereocenters. The zero-order valence-corrected chi connectivity index (χ0v) is 13.8. The minimum atomic E-state index is 0.360. The molecule has 2 aliphatic heterocycles. The van der Waals surface area contributed by atoms with E-state index >= 15 is 0 Å². The maximum Gasteiger partial charge on any atom is 0.222 e. The predicted molar refractivity (Wildman–Crippen MR) is 89.6 cm³/mol. The van der Waals surface area contributed by atoms with E-state index in [1.807, 2.05) is 0 Å². The van der Waals surface area contributed by atoms with Crippen molar-refractivity contribution in [2.75, 3.05) is 44.2 Å². The Kier molecular flexibility index (Phi) is 4.25. The van der Waals surface area contributed by atoms with Gasteiger partial charge in [0.25, 0.3) is 0 Å². The number of amides is 1. The largest absolute Gasteiger partial charge is 0.353 e. The minimum Gasteiger partial charge on any atom is -0.353 e. The molecule has 3 heterocycles. The molecule has 1 aromatic rings. The topological polar surface area (TPSA) is 64.3 Å². The summed E-state index contributed by atoms with van der Waals surface area (Å²) < 4.78 is 0. The second-order valence-electron chi connectivity index (χ2n) is 7.24. The average Bonchev–Trinajstić information content (AvgIpc) is 3.27. The summed E-state index contributed by atoms with van der Waals surface area (Å²) in [5.74, 6) is 2.51. The summed E-state index contributed by atoms with van der Waals surface area (Å²) >= 11 is 0. The van der Waals surface area contributed by atoms with E-state index in [4.69, 9.17) is 0 Å². The first-order valence-electron chi connectivity index (χ1n) is 9.08. The van der Waals surface area contributed by atoms with E-state index in [2.05, 4.69) is 31.4 Å². The minimum absolute atomic E-state index is 0.360. The Bertz CT molecular complexity index is 547. The molecule has 0 spiro atoms. The van der Waals surface area contributed by atoms with Crippen molar-refractivity contribution in [3.8, 4) is 0 Å². The highest BCUT2D eigenvalue weighted by molar-refractivity contribution is 5.77. The van der Waals surface area contributed by atoms with Crippen molar-refractivity contribution >= 4 is 11.7 Å². The summed E-state index contributed by atoms with van der Waals surface area (Å²) in [6.07, 6.45) is 5.51. The fraction of sp³-hybridized carbons (Fsp3) is 0.765. The zero-order chi connectivity index (χ0) is 15.6. The Morgan fingerprint density at radius 3 is 2.83 bits per heavy atom. The van der Waals surface area contributed by atoms with Gasteiger partial charge in [0.2, 0.25) is 5.91 Å².